The molecule has 1 fully saturated rings. The van der Waals surface area contributed by atoms with Crippen molar-refractivity contribution in [3.8, 4) is 0 Å². The molecular weight excluding hydrogens is 226 g/mol. The number of aromatic nitrogens is 1. The summed E-state index contributed by atoms with van der Waals surface area (Å²) in [6.07, 6.45) is 4.60. The molecule has 18 heavy (non-hydrogen) atoms. The number of nitrogens with two attached hydrogens (primary N) is 1. The Bertz CT molecular complexity index is 389. The number of hydrogen-bond donors (Lipinski definition) is 1. The predicted octanol–water partition coefficient (Wildman–Crippen LogP) is 1.85. The van der Waals surface area contributed by atoms with Gasteiger partial charge in [-0.2, -0.15) is 0 Å². The van der Waals surface area contributed by atoms with Crippen LogP contribution in [0.15, 0.2) is 12.3 Å². The van der Waals surface area contributed by atoms with Gasteiger partial charge in [-0.1, -0.05) is 0 Å². The van der Waals surface area contributed by atoms with Gasteiger partial charge in [0.1, 0.15) is 0 Å². The van der Waals surface area contributed by atoms with Crippen LogP contribution >= 0.6 is 0 Å². The van der Waals surface area contributed by atoms with Gasteiger partial charge < -0.3 is 15.4 Å². The lowest BCUT2D eigenvalue weighted by Gasteiger charge is -2.28. The van der Waals surface area contributed by atoms with Crippen LogP contribution in [0, 0.1) is 6.92 Å². The number of hydrogen-bond acceptors (Lipinski definition) is 4. The Labute approximate surface area is 109 Å². The summed E-state index contributed by atoms with van der Waals surface area (Å²) in [6, 6.07) is 2.13. The van der Waals surface area contributed by atoms with Crippen LogP contribution in [0.2, 0.25) is 0 Å². The fourth-order valence-corrected chi connectivity index (χ4v) is 2.46. The van der Waals surface area contributed by atoms with Crippen molar-refractivity contribution in [2.75, 3.05) is 24.6 Å². The Balaban J connectivity index is 2.17. The summed E-state index contributed by atoms with van der Waals surface area (Å²) in [5.41, 5.74) is 9.16. The lowest BCUT2D eigenvalue weighted by Crippen LogP contribution is -2.33. The van der Waals surface area contributed by atoms with E-state index in [1.807, 2.05) is 13.1 Å². The van der Waals surface area contributed by atoms with Gasteiger partial charge in [-0.25, -0.2) is 0 Å². The summed E-state index contributed by atoms with van der Waals surface area (Å²) < 4.78 is 5.72. The standard InChI is InChI=1S/C14H23N3O/c1-3-17(10-13-5-4-6-18-13)14-7-11(2)16-9-12(14)8-15/h7,9,13H,3-6,8,10,15H2,1-2H3. The highest BCUT2D eigenvalue weighted by molar-refractivity contribution is 5.53. The highest BCUT2D eigenvalue weighted by atomic mass is 16.5. The van der Waals surface area contributed by atoms with Gasteiger partial charge in [0.25, 0.3) is 0 Å². The summed E-state index contributed by atoms with van der Waals surface area (Å²) in [4.78, 5) is 6.68. The van der Waals surface area contributed by atoms with Gasteiger partial charge in [0.05, 0.1) is 6.10 Å². The third kappa shape index (κ3) is 3.00. The molecule has 0 spiro atoms. The molecule has 1 unspecified atom stereocenters. The molecule has 0 aliphatic carbocycles. The molecule has 0 aromatic carbocycles. The Morgan fingerprint density at radius 2 is 2.39 bits per heavy atom. The van der Waals surface area contributed by atoms with Crippen LogP contribution in [-0.4, -0.2) is 30.8 Å². The molecule has 2 rings (SSSR count). The third-order valence-electron chi connectivity index (χ3n) is 3.49. The minimum absolute atomic E-state index is 0.365. The van der Waals surface area contributed by atoms with Crippen molar-refractivity contribution in [2.24, 2.45) is 5.73 Å². The zero-order valence-corrected chi connectivity index (χ0v) is 11.4. The Morgan fingerprint density at radius 1 is 1.56 bits per heavy atom. The van der Waals surface area contributed by atoms with Crippen molar-refractivity contribution in [3.63, 3.8) is 0 Å². The molecule has 4 nitrogen and oxygen atoms in total. The van der Waals surface area contributed by atoms with E-state index in [9.17, 15) is 0 Å². The van der Waals surface area contributed by atoms with Gasteiger partial charge in [-0.3, -0.25) is 4.98 Å². The first-order valence-corrected chi connectivity index (χ1v) is 6.76. The average molecular weight is 249 g/mol. The molecule has 0 amide bonds. The Kier molecular flexibility index (Phi) is 4.55. The molecule has 1 aliphatic heterocycles. The smallest absolute Gasteiger partial charge is 0.0750 e. The van der Waals surface area contributed by atoms with Crippen molar-refractivity contribution in [1.82, 2.24) is 4.98 Å². The summed E-state index contributed by atoms with van der Waals surface area (Å²) >= 11 is 0. The van der Waals surface area contributed by atoms with Gasteiger partial charge in [-0.05, 0) is 32.8 Å². The number of aryl methyl sites for hydroxylation is 1. The molecule has 0 bridgehead atoms. The van der Waals surface area contributed by atoms with Gasteiger partial charge in [0.2, 0.25) is 0 Å². The summed E-state index contributed by atoms with van der Waals surface area (Å²) in [5.74, 6) is 0. The molecule has 1 aromatic heterocycles. The van der Waals surface area contributed by atoms with Gasteiger partial charge >= 0.3 is 0 Å². The zero-order valence-electron chi connectivity index (χ0n) is 11.4. The molecular formula is C14H23N3O. The largest absolute Gasteiger partial charge is 0.376 e. The first-order chi connectivity index (χ1) is 8.74. The fourth-order valence-electron chi connectivity index (χ4n) is 2.46. The van der Waals surface area contributed by atoms with Crippen molar-refractivity contribution in [2.45, 2.75) is 39.3 Å². The zero-order chi connectivity index (χ0) is 13.0. The molecule has 1 atom stereocenters. The Hall–Kier alpha value is -1.13. The van der Waals surface area contributed by atoms with Crippen LogP contribution in [0.4, 0.5) is 5.69 Å². The first-order valence-electron chi connectivity index (χ1n) is 6.76. The highest BCUT2D eigenvalue weighted by Gasteiger charge is 2.20. The summed E-state index contributed by atoms with van der Waals surface area (Å²) in [6.45, 7) is 7.55. The molecule has 2 N–H and O–H groups in total. The third-order valence-corrected chi connectivity index (χ3v) is 3.49. The van der Waals surface area contributed by atoms with Crippen LogP contribution in [0.5, 0.6) is 0 Å². The van der Waals surface area contributed by atoms with E-state index in [1.54, 1.807) is 0 Å². The molecule has 2 heterocycles. The van der Waals surface area contributed by atoms with Crippen LogP contribution in [0.1, 0.15) is 31.0 Å². The van der Waals surface area contributed by atoms with Crippen LogP contribution in [-0.2, 0) is 11.3 Å². The monoisotopic (exact) mass is 249 g/mol. The minimum atomic E-state index is 0.365. The van der Waals surface area contributed by atoms with Gasteiger partial charge in [-0.15, -0.1) is 0 Å². The van der Waals surface area contributed by atoms with E-state index >= 15 is 0 Å². The molecule has 0 saturated carbocycles. The van der Waals surface area contributed by atoms with Crippen LogP contribution < -0.4 is 10.6 Å². The minimum Gasteiger partial charge on any atom is -0.376 e. The van der Waals surface area contributed by atoms with E-state index in [4.69, 9.17) is 10.5 Å². The fraction of sp³-hybridized carbons (Fsp3) is 0.643. The number of rotatable bonds is 5. The van der Waals surface area contributed by atoms with Crippen LogP contribution in [0.3, 0.4) is 0 Å². The van der Waals surface area contributed by atoms with Crippen molar-refractivity contribution in [3.05, 3.63) is 23.5 Å². The molecule has 1 aromatic rings. The van der Waals surface area contributed by atoms with E-state index in [-0.39, 0.29) is 0 Å². The summed E-state index contributed by atoms with van der Waals surface area (Å²) in [7, 11) is 0. The second-order valence-electron chi connectivity index (χ2n) is 4.83. The maximum absolute atomic E-state index is 5.80. The number of anilines is 1. The van der Waals surface area contributed by atoms with Crippen molar-refractivity contribution in [1.29, 1.82) is 0 Å². The maximum Gasteiger partial charge on any atom is 0.0750 e. The molecule has 100 valence electrons. The highest BCUT2D eigenvalue weighted by Crippen LogP contribution is 2.23. The number of pyridine rings is 1. The number of likely N-dealkylation sites (N-methyl/N-ethyl adjacent to an activating group) is 1. The number of ether oxygens (including phenoxy) is 1. The summed E-state index contributed by atoms with van der Waals surface area (Å²) in [5, 5.41) is 0. The quantitative estimate of drug-likeness (QED) is 0.865. The van der Waals surface area contributed by atoms with Gasteiger partial charge in [0, 0.05) is 49.4 Å². The number of nitrogens with zero attached hydrogens (tertiary/aromatic N) is 2. The predicted molar refractivity (Wildman–Crippen MR) is 73.7 cm³/mol. The normalized spacial score (nSPS) is 19.2. The van der Waals surface area contributed by atoms with Gasteiger partial charge in [0.15, 0.2) is 0 Å². The SMILES string of the molecule is CCN(CC1CCCO1)c1cc(C)ncc1CN. The van der Waals surface area contributed by atoms with E-state index in [2.05, 4.69) is 22.9 Å². The Morgan fingerprint density at radius 3 is 3.00 bits per heavy atom. The van der Waals surface area contributed by atoms with Crippen molar-refractivity contribution >= 4 is 5.69 Å². The average Bonchev–Trinajstić information content (AvgIpc) is 2.88. The van der Waals surface area contributed by atoms with E-state index in [0.29, 0.717) is 12.6 Å². The second-order valence-corrected chi connectivity index (χ2v) is 4.83. The van der Waals surface area contributed by atoms with E-state index in [0.717, 1.165) is 31.0 Å². The topological polar surface area (TPSA) is 51.4 Å². The second kappa shape index (κ2) is 6.16. The van der Waals surface area contributed by atoms with E-state index in [1.165, 1.54) is 18.5 Å². The van der Waals surface area contributed by atoms with Crippen molar-refractivity contribution < 1.29 is 4.74 Å². The molecule has 4 heteroatoms. The van der Waals surface area contributed by atoms with E-state index < -0.39 is 0 Å². The van der Waals surface area contributed by atoms with Crippen LogP contribution in [0.25, 0.3) is 0 Å². The molecule has 1 saturated heterocycles. The lowest BCUT2D eigenvalue weighted by atomic mass is 10.1. The maximum atomic E-state index is 5.80. The molecule has 1 aliphatic rings. The lowest BCUT2D eigenvalue weighted by molar-refractivity contribution is 0.115. The molecule has 0 radical (unpaired) electrons. The first kappa shape index (κ1) is 13.3.